The molecule has 0 aliphatic carbocycles. The smallest absolute Gasteiger partial charge is 0.222 e. The van der Waals surface area contributed by atoms with Crippen molar-refractivity contribution in [3.8, 4) is 5.75 Å². The molecule has 1 aromatic carbocycles. The summed E-state index contributed by atoms with van der Waals surface area (Å²) in [6.45, 7) is 2.04. The first-order valence-corrected chi connectivity index (χ1v) is 6.84. The largest absolute Gasteiger partial charge is 0.492 e. The molecule has 0 unspecified atom stereocenters. The van der Waals surface area contributed by atoms with Gasteiger partial charge in [-0.1, -0.05) is 24.4 Å². The zero-order chi connectivity index (χ0) is 13.7. The van der Waals surface area contributed by atoms with Gasteiger partial charge in [-0.2, -0.15) is 0 Å². The molecule has 1 fully saturated rings. The fourth-order valence-corrected chi connectivity index (χ4v) is 2.29. The van der Waals surface area contributed by atoms with E-state index < -0.39 is 0 Å². The van der Waals surface area contributed by atoms with E-state index in [-0.39, 0.29) is 5.91 Å². The first-order valence-electron chi connectivity index (χ1n) is 6.43. The van der Waals surface area contributed by atoms with Crippen molar-refractivity contribution >= 4 is 23.1 Å². The predicted molar refractivity (Wildman–Crippen MR) is 78.2 cm³/mol. The highest BCUT2D eigenvalue weighted by Crippen LogP contribution is 2.13. The molecule has 2 N–H and O–H groups in total. The Morgan fingerprint density at radius 1 is 1.37 bits per heavy atom. The lowest BCUT2D eigenvalue weighted by Crippen LogP contribution is -2.29. The topological polar surface area (TPSA) is 55.6 Å². The first-order chi connectivity index (χ1) is 9.15. The molecule has 5 heteroatoms. The molecule has 0 aromatic heterocycles. The number of nitrogens with zero attached hydrogens (tertiary/aromatic N) is 1. The lowest BCUT2D eigenvalue weighted by Gasteiger charge is -2.15. The second-order valence-electron chi connectivity index (χ2n) is 4.62. The lowest BCUT2D eigenvalue weighted by atomic mass is 10.1. The Labute approximate surface area is 118 Å². The van der Waals surface area contributed by atoms with Gasteiger partial charge in [0.2, 0.25) is 5.91 Å². The van der Waals surface area contributed by atoms with Crippen LogP contribution in [0.15, 0.2) is 24.3 Å². The monoisotopic (exact) mass is 278 g/mol. The number of carbonyl (C=O) groups excluding carboxylic acids is 1. The van der Waals surface area contributed by atoms with E-state index in [0.29, 0.717) is 31.0 Å². The summed E-state index contributed by atoms with van der Waals surface area (Å²) in [7, 11) is 0. The quantitative estimate of drug-likeness (QED) is 0.802. The first kappa shape index (κ1) is 13.8. The fourth-order valence-electron chi connectivity index (χ4n) is 2.12. The maximum atomic E-state index is 11.4. The van der Waals surface area contributed by atoms with E-state index in [1.807, 2.05) is 29.2 Å². The van der Waals surface area contributed by atoms with Crippen LogP contribution in [0.1, 0.15) is 18.4 Å². The normalized spacial score (nSPS) is 14.7. The Bertz CT molecular complexity index is 459. The van der Waals surface area contributed by atoms with E-state index >= 15 is 0 Å². The van der Waals surface area contributed by atoms with Crippen molar-refractivity contribution in [1.82, 2.24) is 4.90 Å². The molecule has 1 heterocycles. The SMILES string of the molecule is NC(=S)Cc1ccc(OCCN2CCCC2=O)cc1. The van der Waals surface area contributed by atoms with Crippen LogP contribution in [0.4, 0.5) is 0 Å². The van der Waals surface area contributed by atoms with E-state index in [4.69, 9.17) is 22.7 Å². The second kappa shape index (κ2) is 6.52. The van der Waals surface area contributed by atoms with Crippen LogP contribution in [-0.4, -0.2) is 35.5 Å². The number of hydrogen-bond donors (Lipinski definition) is 1. The fraction of sp³-hybridized carbons (Fsp3) is 0.429. The third-order valence-corrected chi connectivity index (χ3v) is 3.25. The molecule has 1 aliphatic heterocycles. The van der Waals surface area contributed by atoms with Crippen LogP contribution in [0.5, 0.6) is 5.75 Å². The van der Waals surface area contributed by atoms with Gasteiger partial charge in [0.15, 0.2) is 0 Å². The van der Waals surface area contributed by atoms with Crippen molar-refractivity contribution in [3.05, 3.63) is 29.8 Å². The minimum Gasteiger partial charge on any atom is -0.492 e. The number of ether oxygens (including phenoxy) is 1. The highest BCUT2D eigenvalue weighted by atomic mass is 32.1. The Morgan fingerprint density at radius 2 is 2.11 bits per heavy atom. The summed E-state index contributed by atoms with van der Waals surface area (Å²) in [5.74, 6) is 1.04. The average Bonchev–Trinajstić information content (AvgIpc) is 2.77. The van der Waals surface area contributed by atoms with E-state index in [1.54, 1.807) is 0 Å². The van der Waals surface area contributed by atoms with Crippen LogP contribution >= 0.6 is 12.2 Å². The van der Waals surface area contributed by atoms with Crippen molar-refractivity contribution in [3.63, 3.8) is 0 Å². The molecule has 1 aromatic rings. The van der Waals surface area contributed by atoms with Crippen LogP contribution in [0.25, 0.3) is 0 Å². The zero-order valence-electron chi connectivity index (χ0n) is 10.8. The number of likely N-dealkylation sites (tertiary alicyclic amines) is 1. The van der Waals surface area contributed by atoms with Crippen LogP contribution in [0, 0.1) is 0 Å². The van der Waals surface area contributed by atoms with Gasteiger partial charge >= 0.3 is 0 Å². The van der Waals surface area contributed by atoms with E-state index in [1.165, 1.54) is 0 Å². The summed E-state index contributed by atoms with van der Waals surface area (Å²) in [6, 6.07) is 7.71. The average molecular weight is 278 g/mol. The van der Waals surface area contributed by atoms with E-state index in [0.717, 1.165) is 24.3 Å². The summed E-state index contributed by atoms with van der Waals surface area (Å²) in [5, 5.41) is 0. The van der Waals surface area contributed by atoms with Gasteiger partial charge in [-0.15, -0.1) is 0 Å². The van der Waals surface area contributed by atoms with Crippen LogP contribution < -0.4 is 10.5 Å². The molecule has 2 rings (SSSR count). The molecule has 102 valence electrons. The number of amides is 1. The maximum Gasteiger partial charge on any atom is 0.222 e. The van der Waals surface area contributed by atoms with Gasteiger partial charge in [-0.05, 0) is 24.1 Å². The Balaban J connectivity index is 1.76. The highest BCUT2D eigenvalue weighted by molar-refractivity contribution is 7.80. The minimum absolute atomic E-state index is 0.232. The van der Waals surface area contributed by atoms with Crippen LogP contribution in [0.2, 0.25) is 0 Å². The van der Waals surface area contributed by atoms with E-state index in [9.17, 15) is 4.79 Å². The summed E-state index contributed by atoms with van der Waals surface area (Å²) in [4.78, 5) is 13.7. The Morgan fingerprint density at radius 3 is 2.68 bits per heavy atom. The number of nitrogens with two attached hydrogens (primary N) is 1. The van der Waals surface area contributed by atoms with Crippen LogP contribution in [0.3, 0.4) is 0 Å². The van der Waals surface area contributed by atoms with Crippen LogP contribution in [-0.2, 0) is 11.2 Å². The van der Waals surface area contributed by atoms with Gasteiger partial charge in [-0.25, -0.2) is 0 Å². The van der Waals surface area contributed by atoms with Crippen molar-refractivity contribution in [2.45, 2.75) is 19.3 Å². The van der Waals surface area contributed by atoms with Gasteiger partial charge in [0.25, 0.3) is 0 Å². The molecule has 4 nitrogen and oxygen atoms in total. The number of rotatable bonds is 6. The number of benzene rings is 1. The summed E-state index contributed by atoms with van der Waals surface area (Å²) < 4.78 is 5.62. The minimum atomic E-state index is 0.232. The predicted octanol–water partition coefficient (Wildman–Crippen LogP) is 1.52. The van der Waals surface area contributed by atoms with Crippen molar-refractivity contribution in [1.29, 1.82) is 0 Å². The molecule has 0 bridgehead atoms. The highest BCUT2D eigenvalue weighted by Gasteiger charge is 2.19. The van der Waals surface area contributed by atoms with E-state index in [2.05, 4.69) is 0 Å². The second-order valence-corrected chi connectivity index (χ2v) is 5.14. The number of hydrogen-bond acceptors (Lipinski definition) is 3. The maximum absolute atomic E-state index is 11.4. The molecule has 19 heavy (non-hydrogen) atoms. The third-order valence-electron chi connectivity index (χ3n) is 3.10. The number of carbonyl (C=O) groups is 1. The molecule has 1 aliphatic rings. The summed E-state index contributed by atoms with van der Waals surface area (Å²) >= 11 is 4.86. The molecule has 0 atom stereocenters. The van der Waals surface area contributed by atoms with Gasteiger partial charge in [0, 0.05) is 19.4 Å². The lowest BCUT2D eigenvalue weighted by molar-refractivity contribution is -0.128. The number of thiocarbonyl (C=S) groups is 1. The Hall–Kier alpha value is -1.62. The molecule has 0 radical (unpaired) electrons. The summed E-state index contributed by atoms with van der Waals surface area (Å²) in [5.41, 5.74) is 6.57. The standard InChI is InChI=1S/C14H18N2O2S/c15-13(19)10-11-3-5-12(6-4-11)18-9-8-16-7-1-2-14(16)17/h3-6H,1-2,7-10H2,(H2,15,19). The zero-order valence-corrected chi connectivity index (χ0v) is 11.6. The van der Waals surface area contributed by atoms with Gasteiger partial charge < -0.3 is 15.4 Å². The Kier molecular flexibility index (Phi) is 4.74. The molecule has 1 amide bonds. The van der Waals surface area contributed by atoms with Crippen molar-refractivity contribution in [2.75, 3.05) is 19.7 Å². The molecule has 1 saturated heterocycles. The molecule has 0 saturated carbocycles. The summed E-state index contributed by atoms with van der Waals surface area (Å²) in [6.07, 6.45) is 2.25. The van der Waals surface area contributed by atoms with Crippen molar-refractivity contribution < 1.29 is 9.53 Å². The molecular weight excluding hydrogens is 260 g/mol. The van der Waals surface area contributed by atoms with Gasteiger partial charge in [0.05, 0.1) is 11.5 Å². The molecule has 0 spiro atoms. The van der Waals surface area contributed by atoms with Gasteiger partial charge in [0.1, 0.15) is 12.4 Å². The van der Waals surface area contributed by atoms with Gasteiger partial charge in [-0.3, -0.25) is 4.79 Å². The molecular formula is C14H18N2O2S. The third kappa shape index (κ3) is 4.21. The van der Waals surface area contributed by atoms with Crippen molar-refractivity contribution in [2.24, 2.45) is 5.73 Å².